The summed E-state index contributed by atoms with van der Waals surface area (Å²) in [4.78, 5) is 20.3. The van der Waals surface area contributed by atoms with Gasteiger partial charge in [-0.1, -0.05) is 0 Å². The number of pyridine rings is 2. The summed E-state index contributed by atoms with van der Waals surface area (Å²) in [6.45, 7) is 3.50. The number of ether oxygens (including phenoxy) is 1. The molecule has 0 unspecified atom stereocenters. The Morgan fingerprint density at radius 3 is 2.48 bits per heavy atom. The summed E-state index contributed by atoms with van der Waals surface area (Å²) in [7, 11) is 0. The molecule has 0 N–H and O–H groups in total. The third kappa shape index (κ3) is 4.32. The third-order valence-corrected chi connectivity index (χ3v) is 3.18. The molecular formula is C17H14F3N3O2. The van der Waals surface area contributed by atoms with E-state index >= 15 is 0 Å². The minimum Gasteiger partial charge on any atom is -0.474 e. The maximum atomic E-state index is 12.7. The molecule has 1 atom stereocenters. The SMILES string of the molecule is CC(C)Oc1ncccc1C(=O)[C@@H](C#N)c1ccc(C(F)(F)F)cn1. The smallest absolute Gasteiger partial charge is 0.417 e. The Balaban J connectivity index is 2.36. The second kappa shape index (κ2) is 7.30. The number of carbonyl (C=O) groups is 1. The first-order chi connectivity index (χ1) is 11.7. The molecule has 0 saturated carbocycles. The number of aromatic nitrogens is 2. The van der Waals surface area contributed by atoms with Crippen LogP contribution in [-0.2, 0) is 6.18 Å². The first kappa shape index (κ1) is 18.4. The van der Waals surface area contributed by atoms with Gasteiger partial charge in [0.15, 0.2) is 11.7 Å². The lowest BCUT2D eigenvalue weighted by atomic mass is 9.95. The molecular weight excluding hydrogens is 335 g/mol. The molecule has 0 radical (unpaired) electrons. The van der Waals surface area contributed by atoms with E-state index in [4.69, 9.17) is 4.74 Å². The van der Waals surface area contributed by atoms with Crippen LogP contribution >= 0.6 is 0 Å². The number of nitriles is 1. The lowest BCUT2D eigenvalue weighted by Crippen LogP contribution is -2.17. The molecule has 0 spiro atoms. The molecule has 0 bridgehead atoms. The van der Waals surface area contributed by atoms with E-state index in [2.05, 4.69) is 9.97 Å². The van der Waals surface area contributed by atoms with E-state index in [0.717, 1.165) is 12.1 Å². The van der Waals surface area contributed by atoms with Gasteiger partial charge >= 0.3 is 6.18 Å². The average molecular weight is 349 g/mol. The van der Waals surface area contributed by atoms with Gasteiger partial charge in [-0.15, -0.1) is 0 Å². The number of alkyl halides is 3. The third-order valence-electron chi connectivity index (χ3n) is 3.18. The Labute approximate surface area is 142 Å². The van der Waals surface area contributed by atoms with Crippen molar-refractivity contribution in [3.8, 4) is 11.9 Å². The zero-order valence-electron chi connectivity index (χ0n) is 13.4. The fourth-order valence-corrected chi connectivity index (χ4v) is 2.05. The zero-order valence-corrected chi connectivity index (χ0v) is 13.4. The first-order valence-corrected chi connectivity index (χ1v) is 7.32. The maximum absolute atomic E-state index is 12.7. The van der Waals surface area contributed by atoms with Crippen molar-refractivity contribution in [1.29, 1.82) is 5.26 Å². The standard InChI is InChI=1S/C17H14F3N3O2/c1-10(2)25-16-12(4-3-7-22-16)15(24)13(8-21)14-6-5-11(9-23-14)17(18,19)20/h3-7,9-10,13H,1-2H3/t13-/m0/s1. The van der Waals surface area contributed by atoms with E-state index in [1.54, 1.807) is 19.9 Å². The lowest BCUT2D eigenvalue weighted by molar-refractivity contribution is -0.137. The molecule has 2 rings (SSSR count). The summed E-state index contributed by atoms with van der Waals surface area (Å²) in [6, 6.07) is 6.54. The molecule has 0 amide bonds. The molecule has 5 nitrogen and oxygen atoms in total. The first-order valence-electron chi connectivity index (χ1n) is 7.32. The summed E-state index contributed by atoms with van der Waals surface area (Å²) in [5.41, 5.74) is -0.949. The molecule has 0 aromatic carbocycles. The Bertz CT molecular complexity index is 796. The van der Waals surface area contributed by atoms with Gasteiger partial charge < -0.3 is 4.74 Å². The van der Waals surface area contributed by atoms with Gasteiger partial charge in [0.1, 0.15) is 0 Å². The number of carbonyl (C=O) groups excluding carboxylic acids is 1. The van der Waals surface area contributed by atoms with Crippen molar-refractivity contribution < 1.29 is 22.7 Å². The number of Topliss-reactive ketones (excluding diaryl/α,β-unsaturated/α-hetero) is 1. The topological polar surface area (TPSA) is 75.9 Å². The number of ketones is 1. The van der Waals surface area contributed by atoms with E-state index in [0.29, 0.717) is 6.20 Å². The van der Waals surface area contributed by atoms with Gasteiger partial charge in [-0.05, 0) is 38.1 Å². The number of halogens is 3. The van der Waals surface area contributed by atoms with Crippen molar-refractivity contribution in [3.63, 3.8) is 0 Å². The van der Waals surface area contributed by atoms with Crippen molar-refractivity contribution in [1.82, 2.24) is 9.97 Å². The summed E-state index contributed by atoms with van der Waals surface area (Å²) in [5.74, 6) is -1.94. The molecule has 2 aromatic heterocycles. The molecule has 0 aliphatic carbocycles. The van der Waals surface area contributed by atoms with Crippen molar-refractivity contribution in [2.75, 3.05) is 0 Å². The van der Waals surface area contributed by atoms with Crippen LogP contribution in [0.5, 0.6) is 5.88 Å². The highest BCUT2D eigenvalue weighted by Crippen LogP contribution is 2.30. The Morgan fingerprint density at radius 1 is 1.24 bits per heavy atom. The molecule has 8 heteroatoms. The van der Waals surface area contributed by atoms with Gasteiger partial charge in [-0.3, -0.25) is 9.78 Å². The Kier molecular flexibility index (Phi) is 5.37. The summed E-state index contributed by atoms with van der Waals surface area (Å²) >= 11 is 0. The van der Waals surface area contributed by atoms with E-state index in [-0.39, 0.29) is 23.2 Å². The van der Waals surface area contributed by atoms with Crippen LogP contribution in [0.1, 0.15) is 41.4 Å². The van der Waals surface area contributed by atoms with Gasteiger partial charge in [-0.25, -0.2) is 4.98 Å². The Hall–Kier alpha value is -2.95. The molecule has 0 fully saturated rings. The van der Waals surface area contributed by atoms with Crippen LogP contribution in [0.4, 0.5) is 13.2 Å². The molecule has 0 aliphatic heterocycles. The monoisotopic (exact) mass is 349 g/mol. The van der Waals surface area contributed by atoms with E-state index < -0.39 is 23.4 Å². The van der Waals surface area contributed by atoms with Gasteiger partial charge in [0.2, 0.25) is 5.88 Å². The number of hydrogen-bond acceptors (Lipinski definition) is 5. The quantitative estimate of drug-likeness (QED) is 0.768. The van der Waals surface area contributed by atoms with Crippen LogP contribution in [-0.4, -0.2) is 21.9 Å². The molecule has 25 heavy (non-hydrogen) atoms. The molecule has 0 aliphatic rings. The van der Waals surface area contributed by atoms with Crippen LogP contribution < -0.4 is 4.74 Å². The van der Waals surface area contributed by atoms with Crippen molar-refractivity contribution in [2.24, 2.45) is 0 Å². The minimum absolute atomic E-state index is 0.0645. The summed E-state index contributed by atoms with van der Waals surface area (Å²) in [5, 5.41) is 9.32. The molecule has 130 valence electrons. The van der Waals surface area contributed by atoms with E-state index in [9.17, 15) is 23.2 Å². The number of nitrogens with zero attached hydrogens (tertiary/aromatic N) is 3. The zero-order chi connectivity index (χ0) is 18.6. The number of hydrogen-bond donors (Lipinski definition) is 0. The fourth-order valence-electron chi connectivity index (χ4n) is 2.05. The van der Waals surface area contributed by atoms with Crippen molar-refractivity contribution in [3.05, 3.63) is 53.5 Å². The van der Waals surface area contributed by atoms with Crippen LogP contribution in [0.25, 0.3) is 0 Å². The van der Waals surface area contributed by atoms with Crippen LogP contribution in [0.15, 0.2) is 36.7 Å². The summed E-state index contributed by atoms with van der Waals surface area (Å²) < 4.78 is 43.3. The van der Waals surface area contributed by atoms with Gasteiger partial charge in [-0.2, -0.15) is 18.4 Å². The van der Waals surface area contributed by atoms with Gasteiger partial charge in [0.05, 0.1) is 29.0 Å². The second-order valence-corrected chi connectivity index (χ2v) is 5.42. The van der Waals surface area contributed by atoms with Crippen molar-refractivity contribution >= 4 is 5.78 Å². The molecule has 0 saturated heterocycles. The van der Waals surface area contributed by atoms with E-state index in [1.807, 2.05) is 0 Å². The van der Waals surface area contributed by atoms with Crippen LogP contribution in [0.3, 0.4) is 0 Å². The number of rotatable bonds is 5. The lowest BCUT2D eigenvalue weighted by Gasteiger charge is -2.14. The van der Waals surface area contributed by atoms with Gasteiger partial charge in [0, 0.05) is 12.4 Å². The van der Waals surface area contributed by atoms with E-state index in [1.165, 1.54) is 18.3 Å². The normalized spacial score (nSPS) is 12.5. The average Bonchev–Trinajstić information content (AvgIpc) is 2.55. The molecule has 2 heterocycles. The predicted octanol–water partition coefficient (Wildman–Crippen LogP) is 3.77. The van der Waals surface area contributed by atoms with Crippen molar-refractivity contribution in [2.45, 2.75) is 32.0 Å². The highest BCUT2D eigenvalue weighted by atomic mass is 19.4. The highest BCUT2D eigenvalue weighted by molar-refractivity contribution is 6.04. The minimum atomic E-state index is -4.54. The molecule has 2 aromatic rings. The van der Waals surface area contributed by atoms with Gasteiger partial charge in [0.25, 0.3) is 0 Å². The highest BCUT2D eigenvalue weighted by Gasteiger charge is 2.32. The van der Waals surface area contributed by atoms with Crippen LogP contribution in [0, 0.1) is 11.3 Å². The fraction of sp³-hybridized carbons (Fsp3) is 0.294. The predicted molar refractivity (Wildman–Crippen MR) is 81.9 cm³/mol. The maximum Gasteiger partial charge on any atom is 0.417 e. The summed E-state index contributed by atoms with van der Waals surface area (Å²) in [6.07, 6.45) is -2.75. The van der Waals surface area contributed by atoms with Crippen LogP contribution in [0.2, 0.25) is 0 Å². The largest absolute Gasteiger partial charge is 0.474 e. The second-order valence-electron chi connectivity index (χ2n) is 5.42. The Morgan fingerprint density at radius 2 is 1.96 bits per heavy atom.